The summed E-state index contributed by atoms with van der Waals surface area (Å²) in [5.74, 6) is -1.61. The number of halogens is 1. The average Bonchev–Trinajstić information content (AvgIpc) is 2.23. The van der Waals surface area contributed by atoms with Crippen LogP contribution in [0.5, 0.6) is 5.75 Å². The van der Waals surface area contributed by atoms with Gasteiger partial charge < -0.3 is 9.84 Å². The van der Waals surface area contributed by atoms with Crippen molar-refractivity contribution in [2.75, 3.05) is 23.7 Å². The summed E-state index contributed by atoms with van der Waals surface area (Å²) < 4.78 is 43.0. The quantitative estimate of drug-likeness (QED) is 0.599. The minimum Gasteiger partial charge on any atom is -0.505 e. The fourth-order valence-electron chi connectivity index (χ4n) is 1.11. The number of rotatable bonds is 6. The first-order chi connectivity index (χ1) is 7.94. The van der Waals surface area contributed by atoms with Gasteiger partial charge in [-0.25, -0.2) is 12.8 Å². The molecule has 0 atom stereocenters. The van der Waals surface area contributed by atoms with Crippen LogP contribution >= 0.6 is 0 Å². The highest BCUT2D eigenvalue weighted by Crippen LogP contribution is 2.20. The summed E-state index contributed by atoms with van der Waals surface area (Å²) in [5.41, 5.74) is 0.0665. The molecule has 0 aliphatic heterocycles. The number of ether oxygens (including phenoxy) is 1. The number of phenols is 1. The van der Waals surface area contributed by atoms with Crippen molar-refractivity contribution < 1.29 is 22.7 Å². The van der Waals surface area contributed by atoms with Crippen LogP contribution in [-0.2, 0) is 14.8 Å². The lowest BCUT2D eigenvalue weighted by Gasteiger charge is -2.08. The molecule has 7 heteroatoms. The number of benzene rings is 1. The molecule has 0 unspecified atom stereocenters. The maximum Gasteiger partial charge on any atom is 0.235 e. The Bertz CT molecular complexity index is 475. The van der Waals surface area contributed by atoms with Crippen LogP contribution in [0.2, 0.25) is 0 Å². The highest BCUT2D eigenvalue weighted by Gasteiger charge is 2.11. The van der Waals surface area contributed by atoms with Crippen LogP contribution in [0.25, 0.3) is 0 Å². The van der Waals surface area contributed by atoms with E-state index in [2.05, 4.69) is 4.72 Å². The number of phenolic OH excluding ortho intramolecular Hbond substituents is 1. The normalized spacial score (nSPS) is 11.4. The number of anilines is 1. The fraction of sp³-hybridized carbons (Fsp3) is 0.400. The Morgan fingerprint density at radius 1 is 1.47 bits per heavy atom. The van der Waals surface area contributed by atoms with E-state index in [9.17, 15) is 12.8 Å². The molecule has 0 aliphatic rings. The molecule has 96 valence electrons. The summed E-state index contributed by atoms with van der Waals surface area (Å²) in [7, 11) is -3.56. The lowest BCUT2D eigenvalue weighted by Crippen LogP contribution is -2.20. The van der Waals surface area contributed by atoms with Crippen molar-refractivity contribution in [2.45, 2.75) is 6.92 Å². The van der Waals surface area contributed by atoms with Gasteiger partial charge in [-0.1, -0.05) is 0 Å². The second-order valence-corrected chi connectivity index (χ2v) is 5.13. The standard InChI is InChI=1S/C10H14FNO4S/c1-2-16-5-6-17(14,15)12-8-3-4-10(13)9(11)7-8/h3-4,7,12-13H,2,5-6H2,1H3. The average molecular weight is 263 g/mol. The van der Waals surface area contributed by atoms with E-state index < -0.39 is 21.6 Å². The minimum atomic E-state index is -3.56. The molecule has 1 rings (SSSR count). The molecule has 0 aliphatic carbocycles. The minimum absolute atomic E-state index is 0.0665. The van der Waals surface area contributed by atoms with Gasteiger partial charge in [0.25, 0.3) is 0 Å². The van der Waals surface area contributed by atoms with Crippen molar-refractivity contribution in [3.63, 3.8) is 0 Å². The first-order valence-electron chi connectivity index (χ1n) is 5.01. The topological polar surface area (TPSA) is 75.6 Å². The molecule has 0 saturated carbocycles. The second kappa shape index (κ2) is 5.83. The number of nitrogens with one attached hydrogen (secondary N) is 1. The fourth-order valence-corrected chi connectivity index (χ4v) is 2.04. The van der Waals surface area contributed by atoms with Gasteiger partial charge in [0.15, 0.2) is 11.6 Å². The van der Waals surface area contributed by atoms with E-state index in [0.29, 0.717) is 6.61 Å². The Labute approximate surface area is 99.3 Å². The third kappa shape index (κ3) is 4.58. The van der Waals surface area contributed by atoms with Gasteiger partial charge in [-0.05, 0) is 19.1 Å². The van der Waals surface area contributed by atoms with Gasteiger partial charge in [0.1, 0.15) is 0 Å². The molecule has 0 radical (unpaired) electrons. The molecule has 1 aromatic carbocycles. The molecule has 5 nitrogen and oxygen atoms in total. The van der Waals surface area contributed by atoms with Crippen LogP contribution in [0, 0.1) is 5.82 Å². The highest BCUT2D eigenvalue weighted by molar-refractivity contribution is 7.92. The smallest absolute Gasteiger partial charge is 0.235 e. The third-order valence-corrected chi connectivity index (χ3v) is 3.17. The molecule has 17 heavy (non-hydrogen) atoms. The Morgan fingerprint density at radius 3 is 2.76 bits per heavy atom. The summed E-state index contributed by atoms with van der Waals surface area (Å²) >= 11 is 0. The molecule has 0 amide bonds. The Balaban J connectivity index is 2.66. The first-order valence-corrected chi connectivity index (χ1v) is 6.66. The van der Waals surface area contributed by atoms with Gasteiger partial charge in [-0.2, -0.15) is 0 Å². The van der Waals surface area contributed by atoms with Gasteiger partial charge >= 0.3 is 0 Å². The van der Waals surface area contributed by atoms with Gasteiger partial charge in [0.2, 0.25) is 10.0 Å². The molecule has 1 aromatic rings. The second-order valence-electron chi connectivity index (χ2n) is 3.28. The van der Waals surface area contributed by atoms with Gasteiger partial charge in [0.05, 0.1) is 18.0 Å². The van der Waals surface area contributed by atoms with Crippen LogP contribution in [0.15, 0.2) is 18.2 Å². The van der Waals surface area contributed by atoms with Crippen LogP contribution < -0.4 is 4.72 Å². The summed E-state index contributed by atoms with van der Waals surface area (Å²) in [6.07, 6.45) is 0. The molecule has 0 bridgehead atoms. The number of hydrogen-bond acceptors (Lipinski definition) is 4. The lowest BCUT2D eigenvalue weighted by atomic mass is 10.3. The zero-order chi connectivity index (χ0) is 12.9. The van der Waals surface area contributed by atoms with Crippen molar-refractivity contribution in [1.82, 2.24) is 0 Å². The van der Waals surface area contributed by atoms with E-state index in [0.717, 1.165) is 12.1 Å². The molecule has 0 fully saturated rings. The van der Waals surface area contributed by atoms with Crippen LogP contribution in [-0.4, -0.2) is 32.5 Å². The maximum absolute atomic E-state index is 13.0. The molecule has 0 heterocycles. The van der Waals surface area contributed by atoms with E-state index in [1.54, 1.807) is 6.92 Å². The van der Waals surface area contributed by atoms with Crippen molar-refractivity contribution in [3.05, 3.63) is 24.0 Å². The molecule has 2 N–H and O–H groups in total. The largest absolute Gasteiger partial charge is 0.505 e. The summed E-state index contributed by atoms with van der Waals surface area (Å²) in [6, 6.07) is 3.26. The Hall–Kier alpha value is -1.34. The van der Waals surface area contributed by atoms with Crippen molar-refractivity contribution >= 4 is 15.7 Å². The van der Waals surface area contributed by atoms with Crippen molar-refractivity contribution in [1.29, 1.82) is 0 Å². The van der Waals surface area contributed by atoms with Crippen molar-refractivity contribution in [3.8, 4) is 5.75 Å². The predicted octanol–water partition coefficient (Wildman–Crippen LogP) is 1.31. The third-order valence-electron chi connectivity index (χ3n) is 1.92. The van der Waals surface area contributed by atoms with E-state index >= 15 is 0 Å². The Kier molecular flexibility index (Phi) is 4.71. The monoisotopic (exact) mass is 263 g/mol. The zero-order valence-corrected chi connectivity index (χ0v) is 10.1. The van der Waals surface area contributed by atoms with E-state index in [-0.39, 0.29) is 18.0 Å². The maximum atomic E-state index is 13.0. The summed E-state index contributed by atoms with van der Waals surface area (Å²) in [4.78, 5) is 0. The molecule has 0 saturated heterocycles. The van der Waals surface area contributed by atoms with Crippen LogP contribution in [0.3, 0.4) is 0 Å². The van der Waals surface area contributed by atoms with E-state index in [1.807, 2.05) is 0 Å². The SMILES string of the molecule is CCOCCS(=O)(=O)Nc1ccc(O)c(F)c1. The summed E-state index contributed by atoms with van der Waals surface area (Å²) in [6.45, 7) is 2.27. The molecule has 0 spiro atoms. The number of hydrogen-bond donors (Lipinski definition) is 2. The zero-order valence-electron chi connectivity index (χ0n) is 9.31. The molecule has 0 aromatic heterocycles. The summed E-state index contributed by atoms with van der Waals surface area (Å²) in [5, 5.41) is 8.94. The van der Waals surface area contributed by atoms with Crippen molar-refractivity contribution in [2.24, 2.45) is 0 Å². The predicted molar refractivity (Wildman–Crippen MR) is 62.0 cm³/mol. The number of aromatic hydroxyl groups is 1. The van der Waals surface area contributed by atoms with Crippen LogP contribution in [0.4, 0.5) is 10.1 Å². The van der Waals surface area contributed by atoms with Gasteiger partial charge in [0, 0.05) is 12.7 Å². The van der Waals surface area contributed by atoms with Gasteiger partial charge in [-0.3, -0.25) is 4.72 Å². The Morgan fingerprint density at radius 2 is 2.18 bits per heavy atom. The number of sulfonamides is 1. The van der Waals surface area contributed by atoms with Crippen LogP contribution in [0.1, 0.15) is 6.92 Å². The van der Waals surface area contributed by atoms with E-state index in [1.165, 1.54) is 6.07 Å². The first kappa shape index (κ1) is 13.7. The van der Waals surface area contributed by atoms with E-state index in [4.69, 9.17) is 9.84 Å². The molecular weight excluding hydrogens is 249 g/mol. The van der Waals surface area contributed by atoms with Gasteiger partial charge in [-0.15, -0.1) is 0 Å². The lowest BCUT2D eigenvalue weighted by molar-refractivity contribution is 0.163. The molecular formula is C10H14FNO4S. The highest BCUT2D eigenvalue weighted by atomic mass is 32.2.